The van der Waals surface area contributed by atoms with Crippen molar-refractivity contribution in [2.24, 2.45) is 5.73 Å². The van der Waals surface area contributed by atoms with Crippen molar-refractivity contribution in [2.75, 3.05) is 11.4 Å². The fraction of sp³-hybridized carbons (Fsp3) is 0.273. The Balaban J connectivity index is 2.40. The third kappa shape index (κ3) is 1.87. The van der Waals surface area contributed by atoms with E-state index in [0.717, 1.165) is 0 Å². The van der Waals surface area contributed by atoms with Crippen molar-refractivity contribution < 1.29 is 4.79 Å². The predicted octanol–water partition coefficient (Wildman–Crippen LogP) is 1.28. The summed E-state index contributed by atoms with van der Waals surface area (Å²) >= 11 is 6.00. The van der Waals surface area contributed by atoms with E-state index in [0.29, 0.717) is 29.2 Å². The summed E-state index contributed by atoms with van der Waals surface area (Å²) in [4.78, 5) is 13.2. The van der Waals surface area contributed by atoms with Gasteiger partial charge in [-0.05, 0) is 18.2 Å². The molecule has 0 bridgehead atoms. The average Bonchev–Trinajstić information content (AvgIpc) is 2.58. The Morgan fingerprint density at radius 3 is 2.88 bits per heavy atom. The quantitative estimate of drug-likeness (QED) is 0.797. The minimum absolute atomic E-state index is 0.0514. The van der Waals surface area contributed by atoms with Crippen LogP contribution in [0, 0.1) is 11.3 Å². The van der Waals surface area contributed by atoms with Gasteiger partial charge in [0.15, 0.2) is 0 Å². The maximum absolute atomic E-state index is 11.6. The van der Waals surface area contributed by atoms with Gasteiger partial charge >= 0.3 is 0 Å². The first-order valence-corrected chi connectivity index (χ1v) is 5.25. The molecule has 1 atom stereocenters. The first-order valence-electron chi connectivity index (χ1n) is 4.87. The Hall–Kier alpha value is -1.57. The molecule has 1 amide bonds. The van der Waals surface area contributed by atoms with E-state index in [1.165, 1.54) is 4.90 Å². The molecular weight excluding hydrogens is 226 g/mol. The van der Waals surface area contributed by atoms with E-state index in [1.807, 2.05) is 6.07 Å². The molecule has 0 aromatic heterocycles. The molecule has 2 N–H and O–H groups in total. The van der Waals surface area contributed by atoms with Gasteiger partial charge in [-0.15, -0.1) is 0 Å². The fourth-order valence-corrected chi connectivity index (χ4v) is 1.98. The molecule has 1 aliphatic heterocycles. The molecule has 1 aromatic rings. The van der Waals surface area contributed by atoms with Crippen LogP contribution in [0.2, 0.25) is 5.02 Å². The summed E-state index contributed by atoms with van der Waals surface area (Å²) in [5.41, 5.74) is 6.75. The number of carbonyl (C=O) groups excluding carboxylic acids is 1. The summed E-state index contributed by atoms with van der Waals surface area (Å²) in [6.07, 6.45) is 0.326. The number of nitrogens with zero attached hydrogens (tertiary/aromatic N) is 2. The molecule has 1 aromatic carbocycles. The Labute approximate surface area is 98.2 Å². The zero-order valence-corrected chi connectivity index (χ0v) is 9.24. The van der Waals surface area contributed by atoms with Crippen LogP contribution in [-0.2, 0) is 4.79 Å². The number of hydrogen-bond acceptors (Lipinski definition) is 3. The Kier molecular flexibility index (Phi) is 2.82. The minimum atomic E-state index is -0.158. The zero-order valence-electron chi connectivity index (χ0n) is 8.48. The van der Waals surface area contributed by atoms with Crippen LogP contribution < -0.4 is 10.6 Å². The molecule has 1 aliphatic rings. The van der Waals surface area contributed by atoms with Gasteiger partial charge in [-0.2, -0.15) is 5.26 Å². The SMILES string of the molecule is N#Cc1ccc(Cl)c(N2CC(N)CC2=O)c1. The van der Waals surface area contributed by atoms with E-state index >= 15 is 0 Å². The summed E-state index contributed by atoms with van der Waals surface area (Å²) in [5, 5.41) is 9.25. The van der Waals surface area contributed by atoms with Crippen LogP contribution in [0.15, 0.2) is 18.2 Å². The first kappa shape index (κ1) is 10.9. The molecular formula is C11H10ClN3O. The summed E-state index contributed by atoms with van der Waals surface area (Å²) in [7, 11) is 0. The second-order valence-corrected chi connectivity index (χ2v) is 4.15. The smallest absolute Gasteiger partial charge is 0.228 e. The van der Waals surface area contributed by atoms with Crippen molar-refractivity contribution in [1.29, 1.82) is 5.26 Å². The molecule has 82 valence electrons. The maximum Gasteiger partial charge on any atom is 0.228 e. The third-order valence-corrected chi connectivity index (χ3v) is 2.84. The normalized spacial score (nSPS) is 19.9. The first-order chi connectivity index (χ1) is 7.61. The number of nitriles is 1. The lowest BCUT2D eigenvalue weighted by Crippen LogP contribution is -2.28. The zero-order chi connectivity index (χ0) is 11.7. The highest BCUT2D eigenvalue weighted by atomic mass is 35.5. The highest BCUT2D eigenvalue weighted by Crippen LogP contribution is 2.29. The number of amides is 1. The molecule has 0 radical (unpaired) electrons. The molecule has 0 saturated carbocycles. The summed E-state index contributed by atoms with van der Waals surface area (Å²) in [6.45, 7) is 0.452. The number of nitrogens with two attached hydrogens (primary N) is 1. The van der Waals surface area contributed by atoms with Crippen LogP contribution in [0.4, 0.5) is 5.69 Å². The van der Waals surface area contributed by atoms with Crippen LogP contribution in [0.3, 0.4) is 0 Å². The van der Waals surface area contributed by atoms with Gasteiger partial charge in [-0.3, -0.25) is 4.79 Å². The van der Waals surface area contributed by atoms with E-state index in [1.54, 1.807) is 18.2 Å². The summed E-state index contributed by atoms with van der Waals surface area (Å²) < 4.78 is 0. The summed E-state index contributed by atoms with van der Waals surface area (Å²) in [6, 6.07) is 6.70. The van der Waals surface area contributed by atoms with Crippen molar-refractivity contribution in [1.82, 2.24) is 0 Å². The number of hydrogen-bond donors (Lipinski definition) is 1. The Morgan fingerprint density at radius 2 is 2.31 bits per heavy atom. The van der Waals surface area contributed by atoms with Crippen LogP contribution in [0.1, 0.15) is 12.0 Å². The van der Waals surface area contributed by atoms with Crippen molar-refractivity contribution >= 4 is 23.2 Å². The van der Waals surface area contributed by atoms with Crippen molar-refractivity contribution in [3.05, 3.63) is 28.8 Å². The Morgan fingerprint density at radius 1 is 1.56 bits per heavy atom. The third-order valence-electron chi connectivity index (χ3n) is 2.52. The van der Waals surface area contributed by atoms with Gasteiger partial charge < -0.3 is 10.6 Å². The maximum atomic E-state index is 11.6. The molecule has 2 rings (SSSR count). The van der Waals surface area contributed by atoms with Crippen molar-refractivity contribution in [2.45, 2.75) is 12.5 Å². The molecule has 16 heavy (non-hydrogen) atoms. The van der Waals surface area contributed by atoms with Gasteiger partial charge in [0.1, 0.15) is 0 Å². The molecule has 0 aliphatic carbocycles. The van der Waals surface area contributed by atoms with Crippen LogP contribution in [0.25, 0.3) is 0 Å². The van der Waals surface area contributed by atoms with Gasteiger partial charge in [-0.1, -0.05) is 11.6 Å². The highest BCUT2D eigenvalue weighted by Gasteiger charge is 2.29. The second-order valence-electron chi connectivity index (χ2n) is 3.75. The lowest BCUT2D eigenvalue weighted by Gasteiger charge is -2.17. The van der Waals surface area contributed by atoms with Crippen LogP contribution in [0.5, 0.6) is 0 Å². The molecule has 1 saturated heterocycles. The highest BCUT2D eigenvalue weighted by molar-refractivity contribution is 6.34. The number of rotatable bonds is 1. The molecule has 1 fully saturated rings. The van der Waals surface area contributed by atoms with Gasteiger partial charge in [0, 0.05) is 19.0 Å². The standard InChI is InChI=1S/C11H10ClN3O/c12-9-2-1-7(5-13)3-10(9)15-6-8(14)4-11(15)16/h1-3,8H,4,6,14H2. The molecule has 1 unspecified atom stereocenters. The van der Waals surface area contributed by atoms with Crippen molar-refractivity contribution in [3.8, 4) is 6.07 Å². The topological polar surface area (TPSA) is 70.1 Å². The summed E-state index contributed by atoms with van der Waals surface area (Å²) in [5.74, 6) is -0.0514. The van der Waals surface area contributed by atoms with E-state index < -0.39 is 0 Å². The van der Waals surface area contributed by atoms with Gasteiger partial charge in [0.25, 0.3) is 0 Å². The monoisotopic (exact) mass is 235 g/mol. The van der Waals surface area contributed by atoms with E-state index in [2.05, 4.69) is 0 Å². The largest absolute Gasteiger partial charge is 0.326 e. The van der Waals surface area contributed by atoms with E-state index in [4.69, 9.17) is 22.6 Å². The number of benzene rings is 1. The van der Waals surface area contributed by atoms with Gasteiger partial charge in [0.2, 0.25) is 5.91 Å². The van der Waals surface area contributed by atoms with E-state index in [9.17, 15) is 4.79 Å². The van der Waals surface area contributed by atoms with Gasteiger partial charge in [0.05, 0.1) is 22.3 Å². The predicted molar refractivity (Wildman–Crippen MR) is 61.1 cm³/mol. The van der Waals surface area contributed by atoms with Gasteiger partial charge in [-0.25, -0.2) is 0 Å². The molecule has 5 heteroatoms. The van der Waals surface area contributed by atoms with Crippen LogP contribution in [-0.4, -0.2) is 18.5 Å². The van der Waals surface area contributed by atoms with Crippen molar-refractivity contribution in [3.63, 3.8) is 0 Å². The number of halogens is 1. The lowest BCUT2D eigenvalue weighted by atomic mass is 10.2. The van der Waals surface area contributed by atoms with Crippen LogP contribution >= 0.6 is 11.6 Å². The molecule has 1 heterocycles. The lowest BCUT2D eigenvalue weighted by molar-refractivity contribution is -0.117. The molecule has 4 nitrogen and oxygen atoms in total. The number of carbonyl (C=O) groups is 1. The number of anilines is 1. The van der Waals surface area contributed by atoms with E-state index in [-0.39, 0.29) is 11.9 Å². The fourth-order valence-electron chi connectivity index (χ4n) is 1.76. The second kappa shape index (κ2) is 4.12. The molecule has 0 spiro atoms. The average molecular weight is 236 g/mol. The minimum Gasteiger partial charge on any atom is -0.326 e. The Bertz CT molecular complexity index is 481.